The topological polar surface area (TPSA) is 141 Å². The number of ether oxygens (including phenoxy) is 3. The zero-order chi connectivity index (χ0) is 32.7. The highest BCUT2D eigenvalue weighted by Crippen LogP contribution is 2.39. The first-order valence-electron chi connectivity index (χ1n) is 13.4. The Labute approximate surface area is 253 Å². The van der Waals surface area contributed by atoms with Gasteiger partial charge in [-0.1, -0.05) is 30.3 Å². The number of aromatic nitrogens is 2. The fourth-order valence-electron chi connectivity index (χ4n) is 3.62. The maximum atomic E-state index is 13.8. The van der Waals surface area contributed by atoms with Crippen LogP contribution in [0.4, 0.5) is 29.3 Å². The summed E-state index contributed by atoms with van der Waals surface area (Å²) >= 11 is 0. The number of carbonyl (C=O) groups excluding carboxylic acids is 2. The third kappa shape index (κ3) is 8.33. The Morgan fingerprint density at radius 3 is 2.36 bits per heavy atom. The molecule has 1 aliphatic rings. The number of nitrogens with one attached hydrogen (secondary N) is 2. The van der Waals surface area contributed by atoms with E-state index >= 15 is 0 Å². The molecule has 2 N–H and O–H groups in total. The smallest absolute Gasteiger partial charge is 0.427 e. The summed E-state index contributed by atoms with van der Waals surface area (Å²) in [4.78, 5) is 21.7. The highest BCUT2D eigenvalue weighted by atomic mass is 32.2. The maximum Gasteiger partial charge on any atom is 0.427 e. The number of hydrogen-bond donors (Lipinski definition) is 2. The fourth-order valence-corrected chi connectivity index (χ4v) is 5.15. The molecular weight excluding hydrogens is 607 g/mol. The number of fused-ring (bicyclic) bond motifs is 1. The molecular formula is C28H34F3N5O7S. The minimum Gasteiger partial charge on any atom is -0.489 e. The summed E-state index contributed by atoms with van der Waals surface area (Å²) < 4.78 is 85.4. The molecule has 0 saturated heterocycles. The van der Waals surface area contributed by atoms with Gasteiger partial charge in [0.25, 0.3) is 15.9 Å². The molecule has 2 heterocycles. The number of nitrogens with zero attached hydrogens (tertiary/aromatic N) is 3. The third-order valence-corrected chi connectivity index (χ3v) is 8.01. The number of carbonyl (C=O) groups is 2. The van der Waals surface area contributed by atoms with Crippen LogP contribution in [0.3, 0.4) is 0 Å². The van der Waals surface area contributed by atoms with Crippen LogP contribution < -0.4 is 24.4 Å². The van der Waals surface area contributed by atoms with Gasteiger partial charge in [0.05, 0.1) is 12.2 Å². The van der Waals surface area contributed by atoms with Gasteiger partial charge in [0, 0.05) is 32.4 Å². The second kappa shape index (κ2) is 13.9. The second-order valence-corrected chi connectivity index (χ2v) is 11.7. The van der Waals surface area contributed by atoms with Gasteiger partial charge in [0.15, 0.2) is 4.90 Å². The lowest BCUT2D eigenvalue weighted by Gasteiger charge is -2.31. The standard InChI is InChI=1S/C25H27F3N4O6S.C3H7NO/c1-4-31-15-21(22(30-31)37-16-17-8-6-5-7-9-17)39(34,35)32-12-13-36-20-11-10-18(14-19(20)32)29-23(33)38-24(2,3)25(26,27)28;1-3(5)4-2/h5-11,14-15H,4,12-13,16H2,1-3H3,(H,29,33);1-2H3,(H,4,5). The number of halogens is 3. The van der Waals surface area contributed by atoms with Crippen molar-refractivity contribution in [1.29, 1.82) is 0 Å². The Kier molecular flexibility index (Phi) is 10.7. The molecule has 0 unspecified atom stereocenters. The van der Waals surface area contributed by atoms with Gasteiger partial charge in [0.1, 0.15) is 19.0 Å². The van der Waals surface area contributed by atoms with Crippen LogP contribution in [0.1, 0.15) is 33.3 Å². The number of sulfonamides is 1. The third-order valence-electron chi connectivity index (χ3n) is 6.22. The van der Waals surface area contributed by atoms with Gasteiger partial charge in [0.2, 0.25) is 11.5 Å². The first-order valence-corrected chi connectivity index (χ1v) is 14.8. The molecule has 3 aromatic rings. The van der Waals surface area contributed by atoms with E-state index in [0.29, 0.717) is 6.54 Å². The average Bonchev–Trinajstić information content (AvgIpc) is 3.40. The predicted molar refractivity (Wildman–Crippen MR) is 155 cm³/mol. The van der Waals surface area contributed by atoms with Crippen molar-refractivity contribution in [2.75, 3.05) is 29.8 Å². The molecule has 0 aliphatic carbocycles. The first-order chi connectivity index (χ1) is 20.6. The van der Waals surface area contributed by atoms with Gasteiger partial charge < -0.3 is 19.5 Å². The zero-order valence-corrected chi connectivity index (χ0v) is 25.6. The van der Waals surface area contributed by atoms with Crippen LogP contribution in [0.15, 0.2) is 59.6 Å². The van der Waals surface area contributed by atoms with Crippen molar-refractivity contribution in [3.8, 4) is 11.6 Å². The molecule has 44 heavy (non-hydrogen) atoms. The fraction of sp³-hybridized carbons (Fsp3) is 0.393. The van der Waals surface area contributed by atoms with E-state index in [1.165, 1.54) is 36.0 Å². The molecule has 1 aromatic heterocycles. The van der Waals surface area contributed by atoms with Crippen LogP contribution in [0.2, 0.25) is 0 Å². The van der Waals surface area contributed by atoms with Crippen molar-refractivity contribution >= 4 is 33.4 Å². The van der Waals surface area contributed by atoms with Crippen molar-refractivity contribution in [2.45, 2.75) is 57.5 Å². The lowest BCUT2D eigenvalue weighted by atomic mass is 10.1. The lowest BCUT2D eigenvalue weighted by Crippen LogP contribution is -2.44. The Hall–Kier alpha value is -4.47. The van der Waals surface area contributed by atoms with E-state index < -0.39 is 27.9 Å². The number of aryl methyl sites for hydroxylation is 1. The quantitative estimate of drug-likeness (QED) is 0.360. The molecule has 2 aromatic carbocycles. The first kappa shape index (κ1) is 34.0. The lowest BCUT2D eigenvalue weighted by molar-refractivity contribution is -0.242. The summed E-state index contributed by atoms with van der Waals surface area (Å²) in [5, 5.41) is 8.87. The van der Waals surface area contributed by atoms with Crippen molar-refractivity contribution in [1.82, 2.24) is 15.1 Å². The van der Waals surface area contributed by atoms with Gasteiger partial charge in [-0.2, -0.15) is 13.2 Å². The van der Waals surface area contributed by atoms with Crippen LogP contribution >= 0.6 is 0 Å². The van der Waals surface area contributed by atoms with E-state index in [9.17, 15) is 31.2 Å². The van der Waals surface area contributed by atoms with Crippen molar-refractivity contribution in [3.05, 3.63) is 60.3 Å². The predicted octanol–water partition coefficient (Wildman–Crippen LogP) is 4.71. The monoisotopic (exact) mass is 641 g/mol. The molecule has 2 amide bonds. The van der Waals surface area contributed by atoms with Crippen molar-refractivity contribution < 1.29 is 45.4 Å². The van der Waals surface area contributed by atoms with Gasteiger partial charge >= 0.3 is 12.3 Å². The van der Waals surface area contributed by atoms with Gasteiger partial charge in [-0.15, -0.1) is 5.10 Å². The second-order valence-electron chi connectivity index (χ2n) is 9.87. The minimum absolute atomic E-state index is 0.00463. The largest absolute Gasteiger partial charge is 0.489 e. The molecule has 1 aliphatic heterocycles. The van der Waals surface area contributed by atoms with Crippen LogP contribution in [0.5, 0.6) is 11.6 Å². The SMILES string of the molecule is CCn1cc(S(=O)(=O)N2CCOc3ccc(NC(=O)OC(C)(C)C(F)(F)F)cc32)c(OCc2ccccc2)n1.CNC(C)=O. The Morgan fingerprint density at radius 1 is 1.11 bits per heavy atom. The van der Waals surface area contributed by atoms with E-state index in [0.717, 1.165) is 23.7 Å². The van der Waals surface area contributed by atoms with Gasteiger partial charge in [-0.25, -0.2) is 13.2 Å². The normalized spacial score (nSPS) is 13.0. The zero-order valence-electron chi connectivity index (χ0n) is 24.8. The van der Waals surface area contributed by atoms with Crippen LogP contribution in [-0.2, 0) is 32.7 Å². The minimum atomic E-state index is -4.79. The van der Waals surface area contributed by atoms with Crippen molar-refractivity contribution in [3.63, 3.8) is 0 Å². The number of alkyl halides is 3. The number of anilines is 2. The highest BCUT2D eigenvalue weighted by Gasteiger charge is 2.51. The average molecular weight is 642 g/mol. The molecule has 0 bridgehead atoms. The molecule has 12 nitrogen and oxygen atoms in total. The molecule has 0 atom stereocenters. The van der Waals surface area contributed by atoms with Gasteiger partial charge in [-0.05, 0) is 44.5 Å². The summed E-state index contributed by atoms with van der Waals surface area (Å²) in [6.07, 6.45) is -4.78. The molecule has 4 rings (SSSR count). The van der Waals surface area contributed by atoms with E-state index in [1.807, 2.05) is 30.3 Å². The molecule has 0 spiro atoms. The molecule has 0 saturated carbocycles. The van der Waals surface area contributed by atoms with E-state index in [4.69, 9.17) is 9.47 Å². The molecule has 16 heteroatoms. The molecule has 0 radical (unpaired) electrons. The Bertz CT molecular complexity index is 1560. The van der Waals surface area contributed by atoms with E-state index in [1.54, 1.807) is 14.0 Å². The maximum absolute atomic E-state index is 13.8. The van der Waals surface area contributed by atoms with Crippen molar-refractivity contribution in [2.24, 2.45) is 0 Å². The van der Waals surface area contributed by atoms with Gasteiger partial charge in [-0.3, -0.25) is 19.1 Å². The summed E-state index contributed by atoms with van der Waals surface area (Å²) in [6, 6.07) is 13.2. The summed E-state index contributed by atoms with van der Waals surface area (Å²) in [5.74, 6) is 0.125. The van der Waals surface area contributed by atoms with Crippen LogP contribution in [0.25, 0.3) is 0 Å². The number of amides is 2. The van der Waals surface area contributed by atoms with E-state index in [-0.39, 0.29) is 53.6 Å². The highest BCUT2D eigenvalue weighted by molar-refractivity contribution is 7.93. The molecule has 240 valence electrons. The van der Waals surface area contributed by atoms with Crippen LogP contribution in [-0.4, -0.2) is 62.2 Å². The summed E-state index contributed by atoms with van der Waals surface area (Å²) in [7, 11) is -2.64. The summed E-state index contributed by atoms with van der Waals surface area (Å²) in [6.45, 7) is 5.16. The Morgan fingerprint density at radius 2 is 1.77 bits per heavy atom. The summed E-state index contributed by atoms with van der Waals surface area (Å²) in [5.41, 5.74) is -1.83. The number of benzene rings is 2. The van der Waals surface area contributed by atoms with Crippen LogP contribution in [0, 0.1) is 0 Å². The number of rotatable bonds is 8. The van der Waals surface area contributed by atoms with E-state index in [2.05, 4.69) is 20.5 Å². The molecule has 0 fully saturated rings. The number of hydrogen-bond acceptors (Lipinski definition) is 8. The Balaban J connectivity index is 0.000000978.